The van der Waals surface area contributed by atoms with E-state index in [2.05, 4.69) is 85.3 Å². The first-order valence-electron chi connectivity index (χ1n) is 12.0. The van der Waals surface area contributed by atoms with Crippen LogP contribution >= 0.6 is 0 Å². The summed E-state index contributed by atoms with van der Waals surface area (Å²) in [7, 11) is 0. The Hall–Kier alpha value is -2.62. The van der Waals surface area contributed by atoms with Crippen molar-refractivity contribution in [3.8, 4) is 0 Å². The van der Waals surface area contributed by atoms with Crippen molar-refractivity contribution in [2.45, 2.75) is 58.4 Å². The highest BCUT2D eigenvalue weighted by Crippen LogP contribution is 2.19. The summed E-state index contributed by atoms with van der Waals surface area (Å²) in [5, 5.41) is 3.50. The lowest BCUT2D eigenvalue weighted by Gasteiger charge is -2.15. The fourth-order valence-corrected chi connectivity index (χ4v) is 3.78. The van der Waals surface area contributed by atoms with Crippen LogP contribution in [-0.4, -0.2) is 13.1 Å². The fourth-order valence-electron chi connectivity index (χ4n) is 3.78. The molecule has 3 N–H and O–H groups in total. The van der Waals surface area contributed by atoms with Crippen LogP contribution in [0.5, 0.6) is 0 Å². The van der Waals surface area contributed by atoms with Gasteiger partial charge in [-0.25, -0.2) is 0 Å². The summed E-state index contributed by atoms with van der Waals surface area (Å²) in [6, 6.07) is 15.5. The number of hydrogen-bond donors (Lipinski definition) is 3. The SMILES string of the molecule is C=CCCCC(=C)NCCc1c(C=C)cccc1CCc1ccc(CNNCCC)cc1. The zero-order valence-electron chi connectivity index (χ0n) is 19.9. The predicted molar refractivity (Wildman–Crippen MR) is 140 cm³/mol. The molecule has 0 unspecified atom stereocenters. The molecule has 3 nitrogen and oxygen atoms in total. The molecule has 0 saturated carbocycles. The summed E-state index contributed by atoms with van der Waals surface area (Å²) < 4.78 is 0. The van der Waals surface area contributed by atoms with E-state index in [1.165, 1.54) is 27.8 Å². The summed E-state index contributed by atoms with van der Waals surface area (Å²) in [5.74, 6) is 0. The molecule has 3 heteroatoms. The maximum atomic E-state index is 4.16. The highest BCUT2D eigenvalue weighted by molar-refractivity contribution is 5.54. The van der Waals surface area contributed by atoms with E-state index in [0.29, 0.717) is 0 Å². The van der Waals surface area contributed by atoms with Gasteiger partial charge in [-0.15, -0.1) is 6.58 Å². The minimum Gasteiger partial charge on any atom is -0.388 e. The molecular weight excluding hydrogens is 390 g/mol. The Labute approximate surface area is 195 Å². The van der Waals surface area contributed by atoms with E-state index >= 15 is 0 Å². The first-order valence-corrected chi connectivity index (χ1v) is 12.0. The zero-order valence-corrected chi connectivity index (χ0v) is 19.9. The first-order chi connectivity index (χ1) is 15.7. The number of aryl methyl sites for hydroxylation is 2. The molecule has 0 aromatic heterocycles. The molecule has 0 saturated heterocycles. The second kappa shape index (κ2) is 15.2. The van der Waals surface area contributed by atoms with Crippen molar-refractivity contribution in [1.29, 1.82) is 0 Å². The maximum Gasteiger partial charge on any atom is 0.0351 e. The van der Waals surface area contributed by atoms with E-state index in [1.54, 1.807) is 0 Å². The molecule has 0 aliphatic rings. The maximum absolute atomic E-state index is 4.16. The highest BCUT2D eigenvalue weighted by atomic mass is 15.3. The van der Waals surface area contributed by atoms with Gasteiger partial charge in [0, 0.05) is 25.3 Å². The van der Waals surface area contributed by atoms with E-state index < -0.39 is 0 Å². The summed E-state index contributed by atoms with van der Waals surface area (Å²) in [6.07, 6.45) is 11.3. The van der Waals surface area contributed by atoms with Crippen molar-refractivity contribution < 1.29 is 0 Å². The monoisotopic (exact) mass is 431 g/mol. The van der Waals surface area contributed by atoms with Crippen LogP contribution in [0, 0.1) is 0 Å². The van der Waals surface area contributed by atoms with Gasteiger partial charge < -0.3 is 5.32 Å². The molecule has 2 rings (SSSR count). The van der Waals surface area contributed by atoms with Crippen LogP contribution in [0.25, 0.3) is 6.08 Å². The standard InChI is InChI=1S/C29H41N3/c1-5-8-9-11-24(4)30-22-20-29-27(7-3)12-10-13-28(29)19-18-25-14-16-26(17-15-25)23-32-31-21-6-2/h5,7,10,12-17,30-32H,1,3-4,6,8-9,11,18-23H2,2H3. The van der Waals surface area contributed by atoms with Crippen LogP contribution in [0.15, 0.2) is 74.0 Å². The molecule has 0 heterocycles. The molecule has 0 radical (unpaired) electrons. The van der Waals surface area contributed by atoms with Crippen LogP contribution in [0.2, 0.25) is 0 Å². The van der Waals surface area contributed by atoms with Gasteiger partial charge in [-0.2, -0.15) is 0 Å². The van der Waals surface area contributed by atoms with Crippen molar-refractivity contribution in [2.75, 3.05) is 13.1 Å². The largest absolute Gasteiger partial charge is 0.388 e. The van der Waals surface area contributed by atoms with Crippen LogP contribution in [-0.2, 0) is 25.8 Å². The number of nitrogens with one attached hydrogen (secondary N) is 3. The Morgan fingerprint density at radius 3 is 2.41 bits per heavy atom. The lowest BCUT2D eigenvalue weighted by molar-refractivity contribution is 0.528. The molecule has 0 aliphatic heterocycles. The summed E-state index contributed by atoms with van der Waals surface area (Å²) in [5.41, 5.74) is 14.3. The minimum absolute atomic E-state index is 0.845. The third-order valence-electron chi connectivity index (χ3n) is 5.66. The Morgan fingerprint density at radius 1 is 0.906 bits per heavy atom. The molecule has 2 aromatic rings. The lowest BCUT2D eigenvalue weighted by atomic mass is 9.93. The lowest BCUT2D eigenvalue weighted by Crippen LogP contribution is -2.31. The Kier molecular flexibility index (Phi) is 12.2. The molecule has 2 aromatic carbocycles. The molecule has 0 spiro atoms. The normalized spacial score (nSPS) is 10.7. The molecule has 172 valence electrons. The topological polar surface area (TPSA) is 36.1 Å². The Balaban J connectivity index is 1.90. The van der Waals surface area contributed by atoms with Gasteiger partial charge in [-0.1, -0.05) is 74.7 Å². The third-order valence-corrected chi connectivity index (χ3v) is 5.66. The molecule has 0 fully saturated rings. The Bertz CT molecular complexity index is 836. The van der Waals surface area contributed by atoms with Gasteiger partial charge in [-0.05, 0) is 72.8 Å². The van der Waals surface area contributed by atoms with E-state index in [-0.39, 0.29) is 0 Å². The minimum atomic E-state index is 0.845. The smallest absolute Gasteiger partial charge is 0.0351 e. The predicted octanol–water partition coefficient (Wildman–Crippen LogP) is 6.12. The van der Waals surface area contributed by atoms with Gasteiger partial charge in [0.2, 0.25) is 0 Å². The van der Waals surface area contributed by atoms with Crippen LogP contribution in [0.4, 0.5) is 0 Å². The number of benzene rings is 2. The van der Waals surface area contributed by atoms with Gasteiger partial charge >= 0.3 is 0 Å². The third kappa shape index (κ3) is 9.25. The second-order valence-electron chi connectivity index (χ2n) is 8.25. The average molecular weight is 432 g/mol. The van der Waals surface area contributed by atoms with E-state index in [0.717, 1.165) is 70.3 Å². The molecule has 0 aliphatic carbocycles. The van der Waals surface area contributed by atoms with Crippen molar-refractivity contribution in [1.82, 2.24) is 16.2 Å². The summed E-state index contributed by atoms with van der Waals surface area (Å²) >= 11 is 0. The van der Waals surface area contributed by atoms with Crippen molar-refractivity contribution in [3.05, 3.63) is 102 Å². The summed E-state index contributed by atoms with van der Waals surface area (Å²) in [6.45, 7) is 16.9. The van der Waals surface area contributed by atoms with Gasteiger partial charge in [-0.3, -0.25) is 10.9 Å². The van der Waals surface area contributed by atoms with Gasteiger partial charge in [0.15, 0.2) is 0 Å². The number of hydrogen-bond acceptors (Lipinski definition) is 3. The summed E-state index contributed by atoms with van der Waals surface area (Å²) in [4.78, 5) is 0. The molecule has 0 bridgehead atoms. The second-order valence-corrected chi connectivity index (χ2v) is 8.25. The van der Waals surface area contributed by atoms with Gasteiger partial charge in [0.05, 0.1) is 0 Å². The molecular formula is C29H41N3. The van der Waals surface area contributed by atoms with E-state index in [9.17, 15) is 0 Å². The average Bonchev–Trinajstić information content (AvgIpc) is 2.82. The van der Waals surface area contributed by atoms with Gasteiger partial charge in [0.25, 0.3) is 0 Å². The zero-order chi connectivity index (χ0) is 23.0. The first kappa shape index (κ1) is 25.6. The Morgan fingerprint density at radius 2 is 1.69 bits per heavy atom. The highest BCUT2D eigenvalue weighted by Gasteiger charge is 2.08. The van der Waals surface area contributed by atoms with Crippen LogP contribution in [0.3, 0.4) is 0 Å². The van der Waals surface area contributed by atoms with Crippen molar-refractivity contribution >= 4 is 6.08 Å². The number of unbranched alkanes of at least 4 members (excludes halogenated alkanes) is 1. The molecule has 0 amide bonds. The van der Waals surface area contributed by atoms with Gasteiger partial charge in [0.1, 0.15) is 0 Å². The molecule has 0 atom stereocenters. The van der Waals surface area contributed by atoms with Crippen LogP contribution < -0.4 is 16.2 Å². The number of rotatable bonds is 17. The number of allylic oxidation sites excluding steroid dienone is 2. The van der Waals surface area contributed by atoms with E-state index in [1.807, 2.05) is 12.2 Å². The van der Waals surface area contributed by atoms with E-state index in [4.69, 9.17) is 0 Å². The number of hydrazine groups is 1. The quantitative estimate of drug-likeness (QED) is 0.160. The molecule has 32 heavy (non-hydrogen) atoms. The van der Waals surface area contributed by atoms with Crippen LogP contribution in [0.1, 0.15) is 60.4 Å². The van der Waals surface area contributed by atoms with Crippen molar-refractivity contribution in [2.24, 2.45) is 0 Å². The fraction of sp³-hybridized carbons (Fsp3) is 0.379. The van der Waals surface area contributed by atoms with Crippen molar-refractivity contribution in [3.63, 3.8) is 0 Å².